The van der Waals surface area contributed by atoms with Crippen molar-refractivity contribution in [3.8, 4) is 23.0 Å². The molecule has 0 aromatic heterocycles. The number of hydrogen-bond donors (Lipinski definition) is 1. The predicted octanol–water partition coefficient (Wildman–Crippen LogP) is 11.7. The molecule has 6 rings (SSSR count). The molecule has 0 aliphatic heterocycles. The van der Waals surface area contributed by atoms with Crippen LogP contribution in [-0.4, -0.2) is 59.7 Å². The van der Waals surface area contributed by atoms with Crippen LogP contribution in [0.3, 0.4) is 0 Å². The van der Waals surface area contributed by atoms with Gasteiger partial charge in [-0.25, -0.2) is 17.6 Å². The average molecular weight is 925 g/mol. The number of alkyl halides is 1. The molecule has 328 valence electrons. The zero-order valence-corrected chi connectivity index (χ0v) is 36.2. The molecule has 6 aromatic rings. The lowest BCUT2D eigenvalue weighted by Gasteiger charge is -2.11. The number of thioether (sulfide) groups is 1. The highest BCUT2D eigenvalue weighted by atomic mass is 35.5. The summed E-state index contributed by atoms with van der Waals surface area (Å²) >= 11 is 10.6. The summed E-state index contributed by atoms with van der Waals surface area (Å²) in [5.41, 5.74) is 1.97. The van der Waals surface area contributed by atoms with Crippen LogP contribution in [0.5, 0.6) is 23.0 Å². The highest BCUT2D eigenvalue weighted by Gasteiger charge is 2.19. The van der Waals surface area contributed by atoms with E-state index in [0.717, 1.165) is 30.0 Å². The van der Waals surface area contributed by atoms with E-state index in [1.807, 2.05) is 0 Å². The van der Waals surface area contributed by atoms with Gasteiger partial charge in [0.25, 0.3) is 11.8 Å². The number of thiol groups is 1. The number of nitro benzene ring substituents is 2. The van der Waals surface area contributed by atoms with Crippen molar-refractivity contribution in [1.29, 1.82) is 0 Å². The van der Waals surface area contributed by atoms with Gasteiger partial charge in [-0.15, -0.1) is 36.0 Å². The highest BCUT2D eigenvalue weighted by molar-refractivity contribution is 7.98. The van der Waals surface area contributed by atoms with Crippen molar-refractivity contribution in [3.05, 3.63) is 187 Å². The number of carbonyl (C=O) groups is 2. The molecular formula is C44H37ClF4N4O8S2. The minimum atomic E-state index is -0.671. The van der Waals surface area contributed by atoms with Crippen LogP contribution in [0.1, 0.15) is 31.8 Å². The molecule has 6 aromatic carbocycles. The molecule has 19 heteroatoms. The first kappa shape index (κ1) is 49.0. The van der Waals surface area contributed by atoms with Crippen molar-refractivity contribution in [2.45, 2.75) is 21.4 Å². The molecule has 0 saturated heterocycles. The van der Waals surface area contributed by atoms with E-state index >= 15 is 0 Å². The van der Waals surface area contributed by atoms with E-state index in [-0.39, 0.29) is 50.4 Å². The second-order valence-corrected chi connectivity index (χ2v) is 15.1. The maximum absolute atomic E-state index is 13.8. The highest BCUT2D eigenvalue weighted by Crippen LogP contribution is 2.36. The van der Waals surface area contributed by atoms with Gasteiger partial charge in [0.1, 0.15) is 34.8 Å². The number of ether oxygens (including phenoxy) is 2. The summed E-state index contributed by atoms with van der Waals surface area (Å²) in [6.45, 7) is 0. The van der Waals surface area contributed by atoms with Gasteiger partial charge in [-0.05, 0) is 96.1 Å². The van der Waals surface area contributed by atoms with E-state index < -0.39 is 33.1 Å². The Bertz CT molecular complexity index is 2590. The molecule has 0 bridgehead atoms. The van der Waals surface area contributed by atoms with E-state index in [4.69, 9.17) is 21.1 Å². The summed E-state index contributed by atoms with van der Waals surface area (Å²) in [6, 6.07) is 28.0. The number of nitrogens with zero attached hydrogens (tertiary/aromatic N) is 4. The minimum Gasteiger partial charge on any atom is -0.450 e. The summed E-state index contributed by atoms with van der Waals surface area (Å²) in [7, 11) is 6.59. The summed E-state index contributed by atoms with van der Waals surface area (Å²) in [5, 5.41) is 22.5. The van der Waals surface area contributed by atoms with Crippen molar-refractivity contribution in [2.24, 2.45) is 0 Å². The van der Waals surface area contributed by atoms with E-state index in [0.29, 0.717) is 39.5 Å². The quantitative estimate of drug-likeness (QED) is 0.0316. The van der Waals surface area contributed by atoms with Crippen LogP contribution in [0, 0.1) is 43.5 Å². The zero-order valence-electron chi connectivity index (χ0n) is 33.8. The molecule has 63 heavy (non-hydrogen) atoms. The number of amides is 2. The van der Waals surface area contributed by atoms with Gasteiger partial charge in [-0.1, -0.05) is 12.1 Å². The number of halogens is 5. The van der Waals surface area contributed by atoms with Crippen LogP contribution in [-0.2, 0) is 11.6 Å². The van der Waals surface area contributed by atoms with Crippen molar-refractivity contribution >= 4 is 59.2 Å². The fourth-order valence-corrected chi connectivity index (χ4v) is 6.26. The monoisotopic (exact) mass is 924 g/mol. The van der Waals surface area contributed by atoms with Crippen molar-refractivity contribution < 1.29 is 46.5 Å². The lowest BCUT2D eigenvalue weighted by Crippen LogP contribution is -2.21. The molecule has 0 aliphatic rings. The van der Waals surface area contributed by atoms with E-state index in [9.17, 15) is 47.4 Å². The molecule has 0 radical (unpaired) electrons. The largest absolute Gasteiger partial charge is 0.450 e. The average Bonchev–Trinajstić information content (AvgIpc) is 3.25. The molecule has 0 spiro atoms. The van der Waals surface area contributed by atoms with Gasteiger partial charge >= 0.3 is 11.4 Å². The SMILES string of the molecule is CN(C)C(=O)c1ccc(Oc2cc(CCl)ccc2[N+](=O)[O-])cc1.CN(C)C(=O)c1ccc(Oc2cc(CSc3ccc(F)cc3F)ccc2[N+](=O)[O-])cc1.Fc1ccc(S)c(F)c1. The molecule has 0 heterocycles. The molecule has 0 unspecified atom stereocenters. The Morgan fingerprint density at radius 3 is 1.44 bits per heavy atom. The maximum atomic E-state index is 13.8. The molecular weight excluding hydrogens is 888 g/mol. The van der Waals surface area contributed by atoms with Crippen LogP contribution in [0.2, 0.25) is 0 Å². The Morgan fingerprint density at radius 2 is 1.05 bits per heavy atom. The Morgan fingerprint density at radius 1 is 0.619 bits per heavy atom. The first-order valence-corrected chi connectivity index (χ1v) is 20.1. The summed E-state index contributed by atoms with van der Waals surface area (Å²) in [4.78, 5) is 48.5. The lowest BCUT2D eigenvalue weighted by molar-refractivity contribution is -0.385. The van der Waals surface area contributed by atoms with Gasteiger partial charge in [0.05, 0.1) is 9.85 Å². The van der Waals surface area contributed by atoms with Crippen LogP contribution >= 0.6 is 36.0 Å². The number of nitro groups is 2. The maximum Gasteiger partial charge on any atom is 0.311 e. The molecule has 0 saturated carbocycles. The van der Waals surface area contributed by atoms with Crippen molar-refractivity contribution in [3.63, 3.8) is 0 Å². The predicted molar refractivity (Wildman–Crippen MR) is 234 cm³/mol. The molecule has 0 atom stereocenters. The van der Waals surface area contributed by atoms with Crippen LogP contribution in [0.15, 0.2) is 131 Å². The van der Waals surface area contributed by atoms with E-state index in [1.165, 1.54) is 52.3 Å². The van der Waals surface area contributed by atoms with Gasteiger partial charge in [0.15, 0.2) is 0 Å². The third kappa shape index (κ3) is 14.5. The van der Waals surface area contributed by atoms with Crippen molar-refractivity contribution in [2.75, 3.05) is 28.2 Å². The van der Waals surface area contributed by atoms with Crippen molar-refractivity contribution in [1.82, 2.24) is 9.80 Å². The Hall–Kier alpha value is -6.63. The van der Waals surface area contributed by atoms with Crippen LogP contribution in [0.4, 0.5) is 28.9 Å². The molecule has 0 N–H and O–H groups in total. The zero-order chi connectivity index (χ0) is 46.4. The van der Waals surface area contributed by atoms with Crippen LogP contribution in [0.25, 0.3) is 0 Å². The molecule has 0 aliphatic carbocycles. The summed E-state index contributed by atoms with van der Waals surface area (Å²) < 4.78 is 62.5. The summed E-state index contributed by atoms with van der Waals surface area (Å²) in [6.07, 6.45) is 0. The lowest BCUT2D eigenvalue weighted by atomic mass is 10.2. The van der Waals surface area contributed by atoms with Gasteiger partial charge in [-0.3, -0.25) is 29.8 Å². The van der Waals surface area contributed by atoms with E-state index in [1.54, 1.807) is 88.9 Å². The Labute approximate surface area is 373 Å². The first-order valence-electron chi connectivity index (χ1n) is 18.2. The Kier molecular flexibility index (Phi) is 17.9. The van der Waals surface area contributed by atoms with Crippen LogP contribution < -0.4 is 9.47 Å². The standard InChI is InChI=1S/C22H18F2N2O4S.C16H15ClN2O4.C6H4F2S/c1-25(2)22(27)15-4-7-17(8-5-15)30-20-11-14(3-9-19(20)26(28)29)13-31-21-10-6-16(23)12-18(21)24;1-18(2)16(20)12-4-6-13(7-5-12)23-15-9-11(10-17)3-8-14(15)19(21)22;7-4-1-2-6(9)5(8)3-4/h3-12H,13H2,1-2H3;3-9H,10H2,1-2H3;1-3,9H. The molecule has 2 amide bonds. The van der Waals surface area contributed by atoms with Gasteiger partial charge in [0, 0.05) is 85.0 Å². The van der Waals surface area contributed by atoms with E-state index in [2.05, 4.69) is 12.6 Å². The summed E-state index contributed by atoms with van der Waals surface area (Å²) in [5.74, 6) is -1.46. The number of carbonyl (C=O) groups excluding carboxylic acids is 2. The minimum absolute atomic E-state index is 0.0226. The number of benzene rings is 6. The molecule has 12 nitrogen and oxygen atoms in total. The second kappa shape index (κ2) is 23.0. The number of rotatable bonds is 12. The normalized spacial score (nSPS) is 10.3. The van der Waals surface area contributed by atoms with Gasteiger partial charge < -0.3 is 19.3 Å². The second-order valence-electron chi connectivity index (χ2n) is 13.4. The third-order valence-corrected chi connectivity index (χ3v) is 10.1. The van der Waals surface area contributed by atoms with Gasteiger partial charge in [-0.2, -0.15) is 0 Å². The topological polar surface area (TPSA) is 145 Å². The fraction of sp³-hybridized carbons (Fsp3) is 0.136. The molecule has 0 fully saturated rings. The number of hydrogen-bond acceptors (Lipinski definition) is 10. The Balaban J connectivity index is 0.000000237. The smallest absolute Gasteiger partial charge is 0.311 e. The van der Waals surface area contributed by atoms with Gasteiger partial charge in [0.2, 0.25) is 11.5 Å². The third-order valence-electron chi connectivity index (χ3n) is 8.26. The first-order chi connectivity index (χ1) is 29.9. The fourth-order valence-electron chi connectivity index (χ4n) is 5.09.